The Kier molecular flexibility index (Phi) is 6.26. The molecule has 0 aliphatic heterocycles. The first-order chi connectivity index (χ1) is 7.26. The van der Waals surface area contributed by atoms with Crippen molar-refractivity contribution in [1.29, 1.82) is 0 Å². The fourth-order valence-electron chi connectivity index (χ4n) is 1.91. The standard InChI is InChI=1S/C13H28N2/c1-4-9-14-12(3)8-10-15(5-2)11-13-6-7-13/h12-14H,4-11H2,1-3H3. The van der Waals surface area contributed by atoms with Gasteiger partial charge >= 0.3 is 0 Å². The molecule has 1 N–H and O–H groups in total. The van der Waals surface area contributed by atoms with Crippen molar-refractivity contribution in [3.8, 4) is 0 Å². The van der Waals surface area contributed by atoms with Crippen LogP contribution in [-0.2, 0) is 0 Å². The van der Waals surface area contributed by atoms with Crippen LogP contribution in [0.15, 0.2) is 0 Å². The Balaban J connectivity index is 2.03. The molecule has 0 heterocycles. The summed E-state index contributed by atoms with van der Waals surface area (Å²) in [5.41, 5.74) is 0. The Morgan fingerprint density at radius 3 is 2.60 bits per heavy atom. The summed E-state index contributed by atoms with van der Waals surface area (Å²) in [5, 5.41) is 3.55. The highest BCUT2D eigenvalue weighted by atomic mass is 15.1. The molecule has 1 rings (SSSR count). The second-order valence-corrected chi connectivity index (χ2v) is 4.98. The monoisotopic (exact) mass is 212 g/mol. The third-order valence-corrected chi connectivity index (χ3v) is 3.28. The largest absolute Gasteiger partial charge is 0.314 e. The Morgan fingerprint density at radius 1 is 1.33 bits per heavy atom. The van der Waals surface area contributed by atoms with Crippen LogP contribution in [0, 0.1) is 5.92 Å². The van der Waals surface area contributed by atoms with Crippen molar-refractivity contribution in [2.24, 2.45) is 5.92 Å². The van der Waals surface area contributed by atoms with E-state index in [1.165, 1.54) is 45.3 Å². The number of hydrogen-bond donors (Lipinski definition) is 1. The molecule has 1 saturated carbocycles. The molecule has 0 aromatic carbocycles. The molecule has 1 aliphatic carbocycles. The molecule has 1 fully saturated rings. The molecular weight excluding hydrogens is 184 g/mol. The first kappa shape index (κ1) is 13.0. The quantitative estimate of drug-likeness (QED) is 0.632. The minimum absolute atomic E-state index is 0.679. The summed E-state index contributed by atoms with van der Waals surface area (Å²) in [6, 6.07) is 0.679. The molecule has 1 atom stereocenters. The average Bonchev–Trinajstić information content (AvgIpc) is 3.04. The van der Waals surface area contributed by atoms with Crippen LogP contribution in [-0.4, -0.2) is 37.1 Å². The maximum atomic E-state index is 3.55. The van der Waals surface area contributed by atoms with Crippen LogP contribution < -0.4 is 5.32 Å². The van der Waals surface area contributed by atoms with Crippen molar-refractivity contribution in [2.75, 3.05) is 26.2 Å². The van der Waals surface area contributed by atoms with Crippen LogP contribution >= 0.6 is 0 Å². The Morgan fingerprint density at radius 2 is 2.07 bits per heavy atom. The molecule has 2 nitrogen and oxygen atoms in total. The summed E-state index contributed by atoms with van der Waals surface area (Å²) < 4.78 is 0. The van der Waals surface area contributed by atoms with Crippen LogP contribution in [0.25, 0.3) is 0 Å². The lowest BCUT2D eigenvalue weighted by molar-refractivity contribution is 0.261. The molecule has 0 spiro atoms. The molecule has 1 aliphatic rings. The molecule has 0 radical (unpaired) electrons. The van der Waals surface area contributed by atoms with E-state index in [1.54, 1.807) is 0 Å². The highest BCUT2D eigenvalue weighted by Crippen LogP contribution is 2.29. The maximum Gasteiger partial charge on any atom is 0.00508 e. The van der Waals surface area contributed by atoms with Gasteiger partial charge in [-0.3, -0.25) is 0 Å². The van der Waals surface area contributed by atoms with Crippen molar-refractivity contribution in [2.45, 2.75) is 52.5 Å². The van der Waals surface area contributed by atoms with Crippen molar-refractivity contribution < 1.29 is 0 Å². The zero-order valence-corrected chi connectivity index (χ0v) is 10.8. The van der Waals surface area contributed by atoms with Crippen molar-refractivity contribution in [3.63, 3.8) is 0 Å². The predicted molar refractivity (Wildman–Crippen MR) is 67.2 cm³/mol. The van der Waals surface area contributed by atoms with E-state index in [1.807, 2.05) is 0 Å². The van der Waals surface area contributed by atoms with Gasteiger partial charge in [0, 0.05) is 12.6 Å². The zero-order valence-electron chi connectivity index (χ0n) is 10.8. The topological polar surface area (TPSA) is 15.3 Å². The predicted octanol–water partition coefficient (Wildman–Crippen LogP) is 2.50. The average molecular weight is 212 g/mol. The van der Waals surface area contributed by atoms with Gasteiger partial charge in [0.2, 0.25) is 0 Å². The van der Waals surface area contributed by atoms with E-state index >= 15 is 0 Å². The highest BCUT2D eigenvalue weighted by Gasteiger charge is 2.23. The molecule has 90 valence electrons. The second kappa shape index (κ2) is 7.24. The fourth-order valence-corrected chi connectivity index (χ4v) is 1.91. The lowest BCUT2D eigenvalue weighted by atomic mass is 10.2. The van der Waals surface area contributed by atoms with Gasteiger partial charge in [0.05, 0.1) is 0 Å². The smallest absolute Gasteiger partial charge is 0.00508 e. The molecular formula is C13H28N2. The molecule has 15 heavy (non-hydrogen) atoms. The summed E-state index contributed by atoms with van der Waals surface area (Å²) in [7, 11) is 0. The molecule has 0 aromatic heterocycles. The van der Waals surface area contributed by atoms with Crippen molar-refractivity contribution in [1.82, 2.24) is 10.2 Å². The van der Waals surface area contributed by atoms with Crippen LogP contribution in [0.5, 0.6) is 0 Å². The zero-order chi connectivity index (χ0) is 11.1. The minimum Gasteiger partial charge on any atom is -0.314 e. The van der Waals surface area contributed by atoms with Gasteiger partial charge in [-0.05, 0) is 58.2 Å². The molecule has 1 unspecified atom stereocenters. The lowest BCUT2D eigenvalue weighted by Gasteiger charge is -2.22. The lowest BCUT2D eigenvalue weighted by Crippen LogP contribution is -2.33. The SMILES string of the molecule is CCCNC(C)CCN(CC)CC1CC1. The van der Waals surface area contributed by atoms with Gasteiger partial charge in [0.25, 0.3) is 0 Å². The van der Waals surface area contributed by atoms with Crippen LogP contribution in [0.2, 0.25) is 0 Å². The minimum atomic E-state index is 0.679. The Bertz CT molecular complexity index is 155. The van der Waals surface area contributed by atoms with E-state index in [0.29, 0.717) is 6.04 Å². The van der Waals surface area contributed by atoms with Crippen LogP contribution in [0.1, 0.15) is 46.5 Å². The molecule has 0 bridgehead atoms. The maximum absolute atomic E-state index is 3.55. The number of nitrogens with zero attached hydrogens (tertiary/aromatic N) is 1. The third kappa shape index (κ3) is 6.16. The summed E-state index contributed by atoms with van der Waals surface area (Å²) >= 11 is 0. The van der Waals surface area contributed by atoms with Crippen LogP contribution in [0.4, 0.5) is 0 Å². The van der Waals surface area contributed by atoms with Gasteiger partial charge in [0.15, 0.2) is 0 Å². The molecule has 2 heteroatoms. The van der Waals surface area contributed by atoms with E-state index in [-0.39, 0.29) is 0 Å². The highest BCUT2D eigenvalue weighted by molar-refractivity contribution is 4.77. The molecule has 0 saturated heterocycles. The van der Waals surface area contributed by atoms with Gasteiger partial charge in [-0.2, -0.15) is 0 Å². The fraction of sp³-hybridized carbons (Fsp3) is 1.00. The van der Waals surface area contributed by atoms with Gasteiger partial charge in [-0.1, -0.05) is 13.8 Å². The first-order valence-electron chi connectivity index (χ1n) is 6.72. The van der Waals surface area contributed by atoms with E-state index < -0.39 is 0 Å². The first-order valence-corrected chi connectivity index (χ1v) is 6.72. The second-order valence-electron chi connectivity index (χ2n) is 4.98. The van der Waals surface area contributed by atoms with Gasteiger partial charge in [-0.25, -0.2) is 0 Å². The van der Waals surface area contributed by atoms with E-state index in [9.17, 15) is 0 Å². The van der Waals surface area contributed by atoms with Gasteiger partial charge < -0.3 is 10.2 Å². The number of nitrogens with one attached hydrogen (secondary N) is 1. The van der Waals surface area contributed by atoms with E-state index in [2.05, 4.69) is 31.0 Å². The summed E-state index contributed by atoms with van der Waals surface area (Å²) in [5.74, 6) is 1.03. The third-order valence-electron chi connectivity index (χ3n) is 3.28. The molecule has 0 aromatic rings. The van der Waals surface area contributed by atoms with E-state index in [4.69, 9.17) is 0 Å². The van der Waals surface area contributed by atoms with Gasteiger partial charge in [0.1, 0.15) is 0 Å². The van der Waals surface area contributed by atoms with Crippen molar-refractivity contribution in [3.05, 3.63) is 0 Å². The summed E-state index contributed by atoms with van der Waals surface area (Å²) in [4.78, 5) is 2.61. The normalized spacial score (nSPS) is 18.4. The Labute approximate surface area is 95.4 Å². The summed E-state index contributed by atoms with van der Waals surface area (Å²) in [6.07, 6.45) is 5.48. The van der Waals surface area contributed by atoms with Gasteiger partial charge in [-0.15, -0.1) is 0 Å². The molecule has 0 amide bonds. The number of rotatable bonds is 9. The van der Waals surface area contributed by atoms with Crippen molar-refractivity contribution >= 4 is 0 Å². The van der Waals surface area contributed by atoms with E-state index in [0.717, 1.165) is 12.5 Å². The number of hydrogen-bond acceptors (Lipinski definition) is 2. The summed E-state index contributed by atoms with van der Waals surface area (Å²) in [6.45, 7) is 11.8. The van der Waals surface area contributed by atoms with Crippen LogP contribution in [0.3, 0.4) is 0 Å². The Hall–Kier alpha value is -0.0800.